The molecule has 1 aliphatic heterocycles. The SMILES string of the molecule is CC(=O)c1c(O)c2cccc3c2n(c1=O)CC3. The van der Waals surface area contributed by atoms with Gasteiger partial charge in [-0.3, -0.25) is 9.59 Å². The van der Waals surface area contributed by atoms with E-state index in [1.54, 1.807) is 10.6 Å². The van der Waals surface area contributed by atoms with Gasteiger partial charge in [0.2, 0.25) is 0 Å². The molecule has 0 spiro atoms. The number of carbonyl (C=O) groups excluding carboxylic acids is 1. The van der Waals surface area contributed by atoms with Crippen LogP contribution in [0.3, 0.4) is 0 Å². The van der Waals surface area contributed by atoms with E-state index < -0.39 is 5.78 Å². The first-order chi connectivity index (χ1) is 8.11. The van der Waals surface area contributed by atoms with Gasteiger partial charge in [0.15, 0.2) is 5.78 Å². The smallest absolute Gasteiger partial charge is 0.265 e. The summed E-state index contributed by atoms with van der Waals surface area (Å²) in [6.07, 6.45) is 0.771. The van der Waals surface area contributed by atoms with Gasteiger partial charge in [0.25, 0.3) is 5.56 Å². The van der Waals surface area contributed by atoms with Crippen LogP contribution < -0.4 is 5.56 Å². The highest BCUT2D eigenvalue weighted by molar-refractivity contribution is 6.03. The zero-order valence-electron chi connectivity index (χ0n) is 9.36. The Bertz CT molecular complexity index is 713. The largest absolute Gasteiger partial charge is 0.506 e. The minimum Gasteiger partial charge on any atom is -0.506 e. The Balaban J connectivity index is 2.60. The average Bonchev–Trinajstić information content (AvgIpc) is 2.70. The van der Waals surface area contributed by atoms with Crippen LogP contribution in [0.5, 0.6) is 5.75 Å². The lowest BCUT2D eigenvalue weighted by molar-refractivity contribution is 0.101. The molecule has 0 saturated heterocycles. The lowest BCUT2D eigenvalue weighted by Gasteiger charge is -2.09. The third kappa shape index (κ3) is 1.18. The summed E-state index contributed by atoms with van der Waals surface area (Å²) in [4.78, 5) is 23.5. The van der Waals surface area contributed by atoms with E-state index in [0.29, 0.717) is 11.9 Å². The van der Waals surface area contributed by atoms with E-state index in [2.05, 4.69) is 0 Å². The molecule has 1 aliphatic rings. The maximum absolute atomic E-state index is 12.1. The van der Waals surface area contributed by atoms with Crippen molar-refractivity contribution < 1.29 is 9.90 Å². The number of aromatic nitrogens is 1. The van der Waals surface area contributed by atoms with Crippen LogP contribution in [0.1, 0.15) is 22.8 Å². The third-order valence-electron chi connectivity index (χ3n) is 3.30. The van der Waals surface area contributed by atoms with E-state index in [-0.39, 0.29) is 16.9 Å². The molecule has 3 rings (SSSR count). The summed E-state index contributed by atoms with van der Waals surface area (Å²) < 4.78 is 1.58. The van der Waals surface area contributed by atoms with E-state index in [4.69, 9.17) is 0 Å². The Morgan fingerprint density at radius 3 is 2.88 bits per heavy atom. The first-order valence-corrected chi connectivity index (χ1v) is 5.49. The van der Waals surface area contributed by atoms with Crippen LogP contribution in [0.25, 0.3) is 10.9 Å². The summed E-state index contributed by atoms with van der Waals surface area (Å²) in [6.45, 7) is 1.88. The molecule has 1 aromatic carbocycles. The molecular formula is C13H11NO3. The molecule has 4 heteroatoms. The molecule has 0 aliphatic carbocycles. The molecule has 0 unspecified atom stereocenters. The summed E-state index contributed by atoms with van der Waals surface area (Å²) >= 11 is 0. The van der Waals surface area contributed by atoms with Crippen LogP contribution in [0.2, 0.25) is 0 Å². The summed E-state index contributed by atoms with van der Waals surface area (Å²) in [5, 5.41) is 10.6. The highest BCUT2D eigenvalue weighted by Gasteiger charge is 2.23. The molecule has 2 heterocycles. The normalized spacial score (nSPS) is 13.2. The zero-order valence-corrected chi connectivity index (χ0v) is 9.36. The topological polar surface area (TPSA) is 59.3 Å². The lowest BCUT2D eigenvalue weighted by atomic mass is 10.1. The fourth-order valence-electron chi connectivity index (χ4n) is 2.54. The Morgan fingerprint density at radius 1 is 1.41 bits per heavy atom. The molecule has 0 saturated carbocycles. The van der Waals surface area contributed by atoms with Crippen molar-refractivity contribution in [1.29, 1.82) is 0 Å². The van der Waals surface area contributed by atoms with Gasteiger partial charge in [-0.15, -0.1) is 0 Å². The number of aromatic hydroxyl groups is 1. The van der Waals surface area contributed by atoms with Crippen LogP contribution in [0, 0.1) is 0 Å². The standard InChI is InChI=1S/C13H11NO3/c1-7(15)10-12(16)9-4-2-3-8-5-6-14(11(8)9)13(10)17/h2-4,16H,5-6H2,1H3. The van der Waals surface area contributed by atoms with Gasteiger partial charge >= 0.3 is 0 Å². The van der Waals surface area contributed by atoms with Crippen molar-refractivity contribution in [2.75, 3.05) is 0 Å². The number of Topliss-reactive ketones (excluding diaryl/α,β-unsaturated/α-hetero) is 1. The second kappa shape index (κ2) is 3.20. The van der Waals surface area contributed by atoms with Crippen LogP contribution in [0.15, 0.2) is 23.0 Å². The van der Waals surface area contributed by atoms with Crippen molar-refractivity contribution in [2.24, 2.45) is 0 Å². The molecule has 2 aromatic rings. The van der Waals surface area contributed by atoms with Crippen LogP contribution >= 0.6 is 0 Å². The minimum atomic E-state index is -0.393. The number of carbonyl (C=O) groups is 1. The Morgan fingerprint density at radius 2 is 2.18 bits per heavy atom. The van der Waals surface area contributed by atoms with Crippen molar-refractivity contribution in [2.45, 2.75) is 19.9 Å². The summed E-state index contributed by atoms with van der Waals surface area (Å²) in [7, 11) is 0. The van der Waals surface area contributed by atoms with Gasteiger partial charge < -0.3 is 9.67 Å². The second-order valence-electron chi connectivity index (χ2n) is 4.30. The average molecular weight is 229 g/mol. The number of hydrogen-bond donors (Lipinski definition) is 1. The molecular weight excluding hydrogens is 218 g/mol. The Hall–Kier alpha value is -2.10. The second-order valence-corrected chi connectivity index (χ2v) is 4.30. The fourth-order valence-corrected chi connectivity index (χ4v) is 2.54. The van der Waals surface area contributed by atoms with Gasteiger partial charge in [-0.05, 0) is 25.0 Å². The molecule has 0 atom stereocenters. The molecule has 86 valence electrons. The number of aryl methyl sites for hydroxylation is 2. The van der Waals surface area contributed by atoms with Crippen molar-refractivity contribution in [3.63, 3.8) is 0 Å². The summed E-state index contributed by atoms with van der Waals surface area (Å²) in [6, 6.07) is 5.52. The van der Waals surface area contributed by atoms with E-state index >= 15 is 0 Å². The van der Waals surface area contributed by atoms with Crippen LogP contribution in [-0.2, 0) is 13.0 Å². The highest BCUT2D eigenvalue weighted by atomic mass is 16.3. The molecule has 0 radical (unpaired) electrons. The Kier molecular flexibility index (Phi) is 1.90. The molecule has 17 heavy (non-hydrogen) atoms. The maximum Gasteiger partial charge on any atom is 0.265 e. The molecule has 1 aromatic heterocycles. The maximum atomic E-state index is 12.1. The van der Waals surface area contributed by atoms with Crippen molar-refractivity contribution in [3.05, 3.63) is 39.7 Å². The van der Waals surface area contributed by atoms with Gasteiger partial charge in [0.1, 0.15) is 11.3 Å². The number of benzene rings is 1. The summed E-state index contributed by atoms with van der Waals surface area (Å²) in [5.74, 6) is -0.576. The molecule has 0 amide bonds. The first kappa shape index (κ1) is 10.1. The molecule has 0 fully saturated rings. The predicted octanol–water partition coefficient (Wildman–Crippen LogP) is 1.47. The van der Waals surface area contributed by atoms with Crippen molar-refractivity contribution in [1.82, 2.24) is 4.57 Å². The number of nitrogens with zero attached hydrogens (tertiary/aromatic N) is 1. The van der Waals surface area contributed by atoms with Crippen LogP contribution in [-0.4, -0.2) is 15.5 Å². The number of rotatable bonds is 1. The van der Waals surface area contributed by atoms with Crippen LogP contribution in [0.4, 0.5) is 0 Å². The highest BCUT2D eigenvalue weighted by Crippen LogP contribution is 2.31. The zero-order chi connectivity index (χ0) is 12.2. The van der Waals surface area contributed by atoms with Crippen molar-refractivity contribution in [3.8, 4) is 5.75 Å². The third-order valence-corrected chi connectivity index (χ3v) is 3.30. The van der Waals surface area contributed by atoms with Crippen molar-refractivity contribution >= 4 is 16.7 Å². The number of ketones is 1. The van der Waals surface area contributed by atoms with Gasteiger partial charge in [-0.25, -0.2) is 0 Å². The predicted molar refractivity (Wildman–Crippen MR) is 63.6 cm³/mol. The first-order valence-electron chi connectivity index (χ1n) is 5.49. The summed E-state index contributed by atoms with van der Waals surface area (Å²) in [5.41, 5.74) is 1.33. The number of hydrogen-bond acceptors (Lipinski definition) is 3. The number of para-hydroxylation sites is 1. The molecule has 1 N–H and O–H groups in total. The quantitative estimate of drug-likeness (QED) is 0.753. The lowest BCUT2D eigenvalue weighted by Crippen LogP contribution is -2.24. The van der Waals surface area contributed by atoms with Gasteiger partial charge in [0, 0.05) is 11.9 Å². The van der Waals surface area contributed by atoms with Gasteiger partial charge in [0.05, 0.1) is 5.52 Å². The van der Waals surface area contributed by atoms with E-state index in [9.17, 15) is 14.7 Å². The fraction of sp³-hybridized carbons (Fsp3) is 0.231. The number of pyridine rings is 1. The van der Waals surface area contributed by atoms with Gasteiger partial charge in [-0.2, -0.15) is 0 Å². The Labute approximate surface area is 97.1 Å². The van der Waals surface area contributed by atoms with Gasteiger partial charge in [-0.1, -0.05) is 12.1 Å². The minimum absolute atomic E-state index is 0.100. The van der Waals surface area contributed by atoms with E-state index in [1.807, 2.05) is 12.1 Å². The van der Waals surface area contributed by atoms with E-state index in [0.717, 1.165) is 17.5 Å². The monoisotopic (exact) mass is 229 g/mol. The van der Waals surface area contributed by atoms with E-state index in [1.165, 1.54) is 6.92 Å². The molecule has 0 bridgehead atoms. The molecule has 4 nitrogen and oxygen atoms in total.